The van der Waals surface area contributed by atoms with Crippen molar-refractivity contribution < 1.29 is 14.6 Å². The first-order valence-corrected chi connectivity index (χ1v) is 9.31. The van der Waals surface area contributed by atoms with Crippen molar-refractivity contribution in [3.63, 3.8) is 0 Å². The van der Waals surface area contributed by atoms with Gasteiger partial charge in [0.2, 0.25) is 0 Å². The Hall–Kier alpha value is -1.67. The van der Waals surface area contributed by atoms with Crippen molar-refractivity contribution in [1.82, 2.24) is 10.6 Å². The smallest absolute Gasteiger partial charge is 0.191 e. The molecule has 0 bridgehead atoms. The molecule has 3 N–H and O–H groups in total. The molecule has 25 heavy (non-hydrogen) atoms. The van der Waals surface area contributed by atoms with Gasteiger partial charge in [0.1, 0.15) is 6.10 Å². The van der Waals surface area contributed by atoms with E-state index >= 15 is 0 Å². The lowest BCUT2D eigenvalue weighted by Crippen LogP contribution is -2.39. The molecule has 0 amide bonds. The highest BCUT2D eigenvalue weighted by molar-refractivity contribution is 7.19. The number of aliphatic hydroxyl groups excluding tert-OH is 1. The summed E-state index contributed by atoms with van der Waals surface area (Å²) in [7, 11) is 1.65. The van der Waals surface area contributed by atoms with Crippen molar-refractivity contribution in [3.05, 3.63) is 35.2 Å². The molecule has 0 aliphatic rings. The van der Waals surface area contributed by atoms with Gasteiger partial charge in [0.15, 0.2) is 5.96 Å². The molecule has 1 aromatic heterocycles. The van der Waals surface area contributed by atoms with Crippen LogP contribution in [0, 0.1) is 0 Å². The molecule has 1 atom stereocenters. The van der Waals surface area contributed by atoms with Crippen LogP contribution in [0.25, 0.3) is 10.1 Å². The van der Waals surface area contributed by atoms with Gasteiger partial charge in [-0.3, -0.25) is 4.99 Å². The molecule has 7 heteroatoms. The maximum absolute atomic E-state index is 10.4. The number of rotatable bonds is 10. The summed E-state index contributed by atoms with van der Waals surface area (Å²) >= 11 is 1.61. The predicted octanol–water partition coefficient (Wildman–Crippen LogP) is 2.15. The molecule has 6 nitrogen and oxygen atoms in total. The average molecular weight is 365 g/mol. The molecule has 0 aliphatic carbocycles. The molecule has 1 aromatic carbocycles. The zero-order chi connectivity index (χ0) is 17.9. The fourth-order valence-electron chi connectivity index (χ4n) is 2.26. The highest BCUT2D eigenvalue weighted by Crippen LogP contribution is 2.29. The van der Waals surface area contributed by atoms with Crippen molar-refractivity contribution in [2.45, 2.75) is 13.0 Å². The number of benzene rings is 1. The van der Waals surface area contributed by atoms with Gasteiger partial charge < -0.3 is 25.2 Å². The van der Waals surface area contributed by atoms with Crippen molar-refractivity contribution in [1.29, 1.82) is 0 Å². The Morgan fingerprint density at radius 1 is 1.24 bits per heavy atom. The van der Waals surface area contributed by atoms with Gasteiger partial charge in [-0.05, 0) is 24.4 Å². The fraction of sp³-hybridized carbons (Fsp3) is 0.500. The number of ether oxygens (including phenoxy) is 2. The lowest BCUT2D eigenvalue weighted by molar-refractivity contribution is 0.0733. The molecule has 2 aromatic rings. The molecule has 0 saturated heterocycles. The van der Waals surface area contributed by atoms with Crippen LogP contribution in [0.3, 0.4) is 0 Å². The maximum Gasteiger partial charge on any atom is 0.191 e. The van der Waals surface area contributed by atoms with Crippen LogP contribution < -0.4 is 10.6 Å². The summed E-state index contributed by atoms with van der Waals surface area (Å²) in [6.45, 7) is 5.48. The minimum atomic E-state index is -0.606. The third-order valence-electron chi connectivity index (χ3n) is 3.51. The Bertz CT molecular complexity index is 627. The van der Waals surface area contributed by atoms with E-state index in [1.54, 1.807) is 18.4 Å². The summed E-state index contributed by atoms with van der Waals surface area (Å²) in [5, 5.41) is 17.9. The third-order valence-corrected chi connectivity index (χ3v) is 4.73. The number of fused-ring (bicyclic) bond motifs is 1. The fourth-order valence-corrected chi connectivity index (χ4v) is 3.30. The largest absolute Gasteiger partial charge is 0.386 e. The van der Waals surface area contributed by atoms with E-state index in [2.05, 4.69) is 27.8 Å². The second-order valence-electron chi connectivity index (χ2n) is 5.45. The van der Waals surface area contributed by atoms with Crippen LogP contribution in [0.15, 0.2) is 35.3 Å². The summed E-state index contributed by atoms with van der Waals surface area (Å²) in [5.74, 6) is 0.679. The highest BCUT2D eigenvalue weighted by atomic mass is 32.1. The Labute approximate surface area is 152 Å². The summed E-state index contributed by atoms with van der Waals surface area (Å²) < 4.78 is 11.5. The third kappa shape index (κ3) is 6.62. The molecule has 0 spiro atoms. The van der Waals surface area contributed by atoms with Crippen molar-refractivity contribution in [2.24, 2.45) is 4.99 Å². The minimum absolute atomic E-state index is 0.312. The molecule has 138 valence electrons. The Kier molecular flexibility index (Phi) is 8.68. The summed E-state index contributed by atoms with van der Waals surface area (Å²) in [6.07, 6.45) is -0.606. The second kappa shape index (κ2) is 11.0. The quantitative estimate of drug-likeness (QED) is 0.342. The Morgan fingerprint density at radius 3 is 2.84 bits per heavy atom. The Morgan fingerprint density at radius 2 is 2.08 bits per heavy atom. The van der Waals surface area contributed by atoms with Crippen LogP contribution in [0.2, 0.25) is 0 Å². The number of hydrogen-bond donors (Lipinski definition) is 3. The molecule has 0 radical (unpaired) electrons. The van der Waals surface area contributed by atoms with Crippen LogP contribution >= 0.6 is 11.3 Å². The van der Waals surface area contributed by atoms with Gasteiger partial charge in [0.05, 0.1) is 26.4 Å². The Balaban J connectivity index is 1.84. The summed E-state index contributed by atoms with van der Waals surface area (Å²) in [6, 6.07) is 10.2. The molecular weight excluding hydrogens is 338 g/mol. The lowest BCUT2D eigenvalue weighted by Gasteiger charge is -2.12. The molecule has 0 aliphatic heterocycles. The number of aliphatic imine (C=N–C) groups is 1. The summed E-state index contributed by atoms with van der Waals surface area (Å²) in [5.41, 5.74) is 0. The zero-order valence-corrected chi connectivity index (χ0v) is 15.6. The molecule has 0 fully saturated rings. The number of nitrogens with one attached hydrogen (secondary N) is 2. The van der Waals surface area contributed by atoms with E-state index in [1.165, 1.54) is 4.70 Å². The van der Waals surface area contributed by atoms with Gasteiger partial charge in [-0.15, -0.1) is 11.3 Å². The standard InChI is InChI=1S/C18H27N3O3S/c1-3-19-18(20-8-9-24-11-10-23-2)21-13-15(22)17-12-14-6-4-5-7-16(14)25-17/h4-7,12,15,22H,3,8-11,13H2,1-2H3,(H2,19,20,21). The van der Waals surface area contributed by atoms with E-state index in [4.69, 9.17) is 9.47 Å². The number of thiophene rings is 1. The van der Waals surface area contributed by atoms with Crippen LogP contribution in [0.1, 0.15) is 17.9 Å². The number of guanidine groups is 1. The van der Waals surface area contributed by atoms with Crippen LogP contribution in [0.5, 0.6) is 0 Å². The predicted molar refractivity (Wildman–Crippen MR) is 103 cm³/mol. The first-order chi connectivity index (χ1) is 12.2. The normalized spacial score (nSPS) is 13.2. The number of methoxy groups -OCH3 is 1. The van der Waals surface area contributed by atoms with Crippen molar-refractivity contribution in [3.8, 4) is 0 Å². The first-order valence-electron chi connectivity index (χ1n) is 8.50. The van der Waals surface area contributed by atoms with Gasteiger partial charge in [0, 0.05) is 29.8 Å². The van der Waals surface area contributed by atoms with E-state index in [0.717, 1.165) is 16.8 Å². The van der Waals surface area contributed by atoms with E-state index < -0.39 is 6.10 Å². The molecule has 2 rings (SSSR count). The SMILES string of the molecule is CCNC(=NCC(O)c1cc2ccccc2s1)NCCOCCOC. The van der Waals surface area contributed by atoms with Crippen LogP contribution in [-0.2, 0) is 9.47 Å². The van der Waals surface area contributed by atoms with E-state index in [1.807, 2.05) is 25.1 Å². The second-order valence-corrected chi connectivity index (χ2v) is 6.57. The maximum atomic E-state index is 10.4. The topological polar surface area (TPSA) is 75.1 Å². The molecule has 1 unspecified atom stereocenters. The highest BCUT2D eigenvalue weighted by Gasteiger charge is 2.11. The zero-order valence-electron chi connectivity index (χ0n) is 14.8. The van der Waals surface area contributed by atoms with Gasteiger partial charge in [0.25, 0.3) is 0 Å². The van der Waals surface area contributed by atoms with E-state index in [0.29, 0.717) is 38.9 Å². The van der Waals surface area contributed by atoms with Gasteiger partial charge in [-0.2, -0.15) is 0 Å². The van der Waals surface area contributed by atoms with Gasteiger partial charge >= 0.3 is 0 Å². The van der Waals surface area contributed by atoms with Gasteiger partial charge in [-0.1, -0.05) is 18.2 Å². The summed E-state index contributed by atoms with van der Waals surface area (Å²) in [4.78, 5) is 5.40. The number of hydrogen-bond acceptors (Lipinski definition) is 5. The number of aliphatic hydroxyl groups is 1. The van der Waals surface area contributed by atoms with Crippen LogP contribution in [-0.4, -0.2) is 57.6 Å². The first kappa shape index (κ1) is 19.7. The molecule has 1 heterocycles. The lowest BCUT2D eigenvalue weighted by atomic mass is 10.2. The monoisotopic (exact) mass is 365 g/mol. The molecule has 0 saturated carbocycles. The molecular formula is C18H27N3O3S. The average Bonchev–Trinajstić information content (AvgIpc) is 3.06. The van der Waals surface area contributed by atoms with Crippen molar-refractivity contribution >= 4 is 27.4 Å². The van der Waals surface area contributed by atoms with Gasteiger partial charge in [-0.25, -0.2) is 0 Å². The van der Waals surface area contributed by atoms with E-state index in [-0.39, 0.29) is 0 Å². The number of nitrogens with zero attached hydrogens (tertiary/aromatic N) is 1. The van der Waals surface area contributed by atoms with Crippen molar-refractivity contribution in [2.75, 3.05) is 46.6 Å². The van der Waals surface area contributed by atoms with Crippen LogP contribution in [0.4, 0.5) is 0 Å². The minimum Gasteiger partial charge on any atom is -0.386 e. The van der Waals surface area contributed by atoms with E-state index in [9.17, 15) is 5.11 Å².